The Bertz CT molecular complexity index is 1040. The molecule has 0 bridgehead atoms. The molecule has 0 saturated carbocycles. The predicted octanol–water partition coefficient (Wildman–Crippen LogP) is 2.82. The quantitative estimate of drug-likeness (QED) is 0.757. The number of furan rings is 1. The maximum atomic E-state index is 12.8. The van der Waals surface area contributed by atoms with E-state index in [2.05, 4.69) is 10.4 Å². The van der Waals surface area contributed by atoms with Crippen molar-refractivity contribution in [1.82, 2.24) is 20.0 Å². The van der Waals surface area contributed by atoms with Crippen LogP contribution in [0.25, 0.3) is 11.3 Å². The van der Waals surface area contributed by atoms with Gasteiger partial charge in [-0.3, -0.25) is 14.3 Å². The van der Waals surface area contributed by atoms with Crippen LogP contribution < -0.4 is 5.32 Å². The third-order valence-corrected chi connectivity index (χ3v) is 4.99. The molecule has 1 N–H and O–H groups in total. The van der Waals surface area contributed by atoms with E-state index in [9.17, 15) is 9.59 Å². The largest absolute Gasteiger partial charge is 0.451 e. The van der Waals surface area contributed by atoms with E-state index in [4.69, 9.17) is 4.42 Å². The van der Waals surface area contributed by atoms with Crippen LogP contribution in [-0.4, -0.2) is 46.6 Å². The molecule has 7 heteroatoms. The first-order valence-corrected chi connectivity index (χ1v) is 9.20. The zero-order valence-corrected chi connectivity index (χ0v) is 16.1. The Balaban J connectivity index is 1.47. The highest BCUT2D eigenvalue weighted by atomic mass is 16.3. The van der Waals surface area contributed by atoms with Gasteiger partial charge in [-0.15, -0.1) is 0 Å². The van der Waals surface area contributed by atoms with Crippen molar-refractivity contribution < 1.29 is 14.0 Å². The summed E-state index contributed by atoms with van der Waals surface area (Å²) < 4.78 is 7.60. The number of amides is 2. The number of rotatable bonds is 4. The third-order valence-electron chi connectivity index (χ3n) is 4.99. The van der Waals surface area contributed by atoms with Gasteiger partial charge in [-0.05, 0) is 44.2 Å². The topological polar surface area (TPSA) is 80.4 Å². The van der Waals surface area contributed by atoms with Gasteiger partial charge in [-0.2, -0.15) is 5.10 Å². The number of hydrogen-bond acceptors (Lipinski definition) is 4. The predicted molar refractivity (Wildman–Crippen MR) is 104 cm³/mol. The molecule has 2 aromatic heterocycles. The molecule has 0 spiro atoms. The summed E-state index contributed by atoms with van der Waals surface area (Å²) in [4.78, 5) is 26.3. The van der Waals surface area contributed by atoms with Crippen LogP contribution in [0.1, 0.15) is 38.3 Å². The summed E-state index contributed by atoms with van der Waals surface area (Å²) in [5, 5.41) is 7.04. The third kappa shape index (κ3) is 3.19. The Morgan fingerprint density at radius 3 is 2.61 bits per heavy atom. The van der Waals surface area contributed by atoms with Gasteiger partial charge < -0.3 is 14.6 Å². The molecule has 3 heterocycles. The molecule has 3 aromatic rings. The summed E-state index contributed by atoms with van der Waals surface area (Å²) in [6.45, 7) is 5.30. The van der Waals surface area contributed by atoms with E-state index in [0.717, 1.165) is 17.0 Å². The van der Waals surface area contributed by atoms with E-state index in [-0.39, 0.29) is 23.6 Å². The molecule has 144 valence electrons. The van der Waals surface area contributed by atoms with Gasteiger partial charge in [0.15, 0.2) is 5.76 Å². The van der Waals surface area contributed by atoms with Gasteiger partial charge in [0.05, 0.1) is 11.7 Å². The molecule has 28 heavy (non-hydrogen) atoms. The SMILES string of the molecule is CNC(=O)c1ccc(-c2cccc(C(=O)N3CC(n4nc(C)cc4C)C3)c2)o1. The standard InChI is InChI=1S/C21H22N4O3/c1-13-9-14(2)25(23-13)17-11-24(12-17)21(27)16-6-4-5-15(10-16)18-7-8-19(28-18)20(26)22-3/h4-10,17H,11-12H2,1-3H3,(H,22,26). The minimum Gasteiger partial charge on any atom is -0.451 e. The Morgan fingerprint density at radius 2 is 1.93 bits per heavy atom. The first kappa shape index (κ1) is 18.0. The molecule has 0 atom stereocenters. The second kappa shape index (κ2) is 6.99. The fraction of sp³-hybridized carbons (Fsp3) is 0.286. The zero-order valence-electron chi connectivity index (χ0n) is 16.1. The van der Waals surface area contributed by atoms with Crippen LogP contribution >= 0.6 is 0 Å². The van der Waals surface area contributed by atoms with Gasteiger partial charge in [0.25, 0.3) is 11.8 Å². The molecular formula is C21H22N4O3. The van der Waals surface area contributed by atoms with Crippen LogP contribution in [0.3, 0.4) is 0 Å². The summed E-state index contributed by atoms with van der Waals surface area (Å²) in [6, 6.07) is 12.9. The highest BCUT2D eigenvalue weighted by Gasteiger charge is 2.33. The van der Waals surface area contributed by atoms with Gasteiger partial charge in [0, 0.05) is 37.0 Å². The number of nitrogens with zero attached hydrogens (tertiary/aromatic N) is 3. The van der Waals surface area contributed by atoms with E-state index >= 15 is 0 Å². The molecule has 4 rings (SSSR count). The van der Waals surface area contributed by atoms with Crippen molar-refractivity contribution in [2.24, 2.45) is 0 Å². The first-order chi connectivity index (χ1) is 13.5. The van der Waals surface area contributed by atoms with Crippen molar-refractivity contribution in [1.29, 1.82) is 0 Å². The van der Waals surface area contributed by atoms with Gasteiger partial charge >= 0.3 is 0 Å². The molecule has 1 aromatic carbocycles. The summed E-state index contributed by atoms with van der Waals surface area (Å²) in [6.07, 6.45) is 0. The van der Waals surface area contributed by atoms with E-state index in [1.807, 2.05) is 41.6 Å². The van der Waals surface area contributed by atoms with Gasteiger partial charge in [0.2, 0.25) is 0 Å². The van der Waals surface area contributed by atoms with Gasteiger partial charge in [-0.1, -0.05) is 12.1 Å². The molecule has 2 amide bonds. The average Bonchev–Trinajstić information content (AvgIpc) is 3.27. The number of hydrogen-bond donors (Lipinski definition) is 1. The highest BCUT2D eigenvalue weighted by molar-refractivity contribution is 5.96. The normalized spacial score (nSPS) is 14.0. The number of nitrogens with one attached hydrogen (secondary N) is 1. The fourth-order valence-corrected chi connectivity index (χ4v) is 3.52. The second-order valence-corrected chi connectivity index (χ2v) is 7.06. The summed E-state index contributed by atoms with van der Waals surface area (Å²) >= 11 is 0. The Labute approximate surface area is 162 Å². The monoisotopic (exact) mass is 378 g/mol. The van der Waals surface area contributed by atoms with E-state index < -0.39 is 0 Å². The highest BCUT2D eigenvalue weighted by Crippen LogP contribution is 2.27. The van der Waals surface area contributed by atoms with Crippen molar-refractivity contribution in [3.8, 4) is 11.3 Å². The number of carbonyl (C=O) groups is 2. The molecule has 0 aliphatic carbocycles. The van der Waals surface area contributed by atoms with E-state index in [1.54, 1.807) is 31.3 Å². The maximum Gasteiger partial charge on any atom is 0.286 e. The van der Waals surface area contributed by atoms with E-state index in [1.165, 1.54) is 0 Å². The summed E-state index contributed by atoms with van der Waals surface area (Å²) in [7, 11) is 1.55. The average molecular weight is 378 g/mol. The van der Waals surface area contributed by atoms with Crippen LogP contribution in [0.5, 0.6) is 0 Å². The lowest BCUT2D eigenvalue weighted by Gasteiger charge is -2.39. The molecular weight excluding hydrogens is 356 g/mol. The Kier molecular flexibility index (Phi) is 4.50. The summed E-state index contributed by atoms with van der Waals surface area (Å²) in [5.74, 6) is 0.494. The Morgan fingerprint density at radius 1 is 1.14 bits per heavy atom. The molecule has 1 aliphatic heterocycles. The Hall–Kier alpha value is -3.35. The molecule has 1 fully saturated rings. The lowest BCUT2D eigenvalue weighted by atomic mass is 10.0. The van der Waals surface area contributed by atoms with Gasteiger partial charge in [0.1, 0.15) is 5.76 Å². The number of aromatic nitrogens is 2. The second-order valence-electron chi connectivity index (χ2n) is 7.06. The lowest BCUT2D eigenvalue weighted by Crippen LogP contribution is -2.51. The van der Waals surface area contributed by atoms with Crippen LogP contribution in [0.4, 0.5) is 0 Å². The molecule has 7 nitrogen and oxygen atoms in total. The van der Waals surface area contributed by atoms with Crippen molar-refractivity contribution in [3.05, 3.63) is 65.2 Å². The fourth-order valence-electron chi connectivity index (χ4n) is 3.52. The number of benzene rings is 1. The minimum absolute atomic E-state index is 0.0160. The van der Waals surface area contributed by atoms with Crippen LogP contribution in [0, 0.1) is 13.8 Å². The van der Waals surface area contributed by atoms with Crippen molar-refractivity contribution >= 4 is 11.8 Å². The maximum absolute atomic E-state index is 12.8. The molecule has 0 radical (unpaired) electrons. The molecule has 1 saturated heterocycles. The van der Waals surface area contributed by atoms with Gasteiger partial charge in [-0.25, -0.2) is 0 Å². The van der Waals surface area contributed by atoms with Crippen LogP contribution in [0.2, 0.25) is 0 Å². The smallest absolute Gasteiger partial charge is 0.286 e. The van der Waals surface area contributed by atoms with Crippen molar-refractivity contribution in [2.45, 2.75) is 19.9 Å². The minimum atomic E-state index is -0.283. The number of likely N-dealkylation sites (tertiary alicyclic amines) is 1. The molecule has 0 unspecified atom stereocenters. The van der Waals surface area contributed by atoms with Crippen LogP contribution in [-0.2, 0) is 0 Å². The number of aryl methyl sites for hydroxylation is 2. The summed E-state index contributed by atoms with van der Waals surface area (Å²) in [5.41, 5.74) is 3.46. The van der Waals surface area contributed by atoms with Crippen molar-refractivity contribution in [3.63, 3.8) is 0 Å². The van der Waals surface area contributed by atoms with Crippen molar-refractivity contribution in [2.75, 3.05) is 20.1 Å². The molecule has 1 aliphatic rings. The zero-order chi connectivity index (χ0) is 19.8. The number of carbonyl (C=O) groups excluding carboxylic acids is 2. The van der Waals surface area contributed by atoms with Crippen LogP contribution in [0.15, 0.2) is 46.9 Å². The lowest BCUT2D eigenvalue weighted by molar-refractivity contribution is 0.0497. The first-order valence-electron chi connectivity index (χ1n) is 9.20. The van der Waals surface area contributed by atoms with E-state index in [0.29, 0.717) is 24.4 Å².